The standard InChI is InChI=1S/C10H13N5O3S/c1-15-6-8(4-11-15)19(16,17)12-5-9-13-10(18-14-9)7-2-3-7/h4,6-7,12H,2-3,5H2,1H3. The molecule has 1 aliphatic rings. The van der Waals surface area contributed by atoms with Crippen LogP contribution in [0.5, 0.6) is 0 Å². The molecule has 1 N–H and O–H groups in total. The summed E-state index contributed by atoms with van der Waals surface area (Å²) in [4.78, 5) is 4.26. The lowest BCUT2D eigenvalue weighted by Crippen LogP contribution is -2.23. The molecule has 0 bridgehead atoms. The Kier molecular flexibility index (Phi) is 2.86. The number of hydrogen-bond donors (Lipinski definition) is 1. The smallest absolute Gasteiger partial charge is 0.244 e. The van der Waals surface area contributed by atoms with E-state index in [4.69, 9.17) is 4.52 Å². The highest BCUT2D eigenvalue weighted by Gasteiger charge is 2.29. The number of nitrogens with zero attached hydrogens (tertiary/aromatic N) is 4. The Hall–Kier alpha value is -1.74. The summed E-state index contributed by atoms with van der Waals surface area (Å²) in [5, 5.41) is 7.57. The Balaban J connectivity index is 1.67. The Morgan fingerprint density at radius 2 is 2.32 bits per heavy atom. The molecule has 1 fully saturated rings. The summed E-state index contributed by atoms with van der Waals surface area (Å²) in [6.07, 6.45) is 4.83. The van der Waals surface area contributed by atoms with Gasteiger partial charge in [-0.3, -0.25) is 4.68 Å². The fourth-order valence-electron chi connectivity index (χ4n) is 1.62. The maximum Gasteiger partial charge on any atom is 0.244 e. The van der Waals surface area contributed by atoms with Crippen LogP contribution in [0.4, 0.5) is 0 Å². The number of sulfonamides is 1. The third-order valence-electron chi connectivity index (χ3n) is 2.82. The van der Waals surface area contributed by atoms with Crippen molar-refractivity contribution in [2.75, 3.05) is 0 Å². The Morgan fingerprint density at radius 3 is 2.95 bits per heavy atom. The van der Waals surface area contributed by atoms with Gasteiger partial charge in [0.1, 0.15) is 4.90 Å². The summed E-state index contributed by atoms with van der Waals surface area (Å²) in [6.45, 7) is 0.00739. The summed E-state index contributed by atoms with van der Waals surface area (Å²) in [5.74, 6) is 1.29. The molecular weight excluding hydrogens is 270 g/mol. The zero-order chi connectivity index (χ0) is 13.5. The molecule has 1 saturated carbocycles. The number of rotatable bonds is 5. The van der Waals surface area contributed by atoms with Crippen molar-refractivity contribution in [2.24, 2.45) is 7.05 Å². The molecule has 0 aliphatic heterocycles. The molecule has 0 spiro atoms. The van der Waals surface area contributed by atoms with E-state index in [1.54, 1.807) is 7.05 Å². The topological polar surface area (TPSA) is 103 Å². The van der Waals surface area contributed by atoms with E-state index >= 15 is 0 Å². The zero-order valence-corrected chi connectivity index (χ0v) is 11.1. The molecule has 8 nitrogen and oxygen atoms in total. The maximum atomic E-state index is 11.9. The van der Waals surface area contributed by atoms with Crippen molar-refractivity contribution in [3.63, 3.8) is 0 Å². The Bertz CT molecular complexity index is 686. The monoisotopic (exact) mass is 283 g/mol. The van der Waals surface area contributed by atoms with E-state index in [0.29, 0.717) is 17.6 Å². The van der Waals surface area contributed by atoms with E-state index in [-0.39, 0.29) is 11.4 Å². The molecule has 0 aromatic carbocycles. The van der Waals surface area contributed by atoms with Crippen LogP contribution in [0, 0.1) is 0 Å². The van der Waals surface area contributed by atoms with Crippen molar-refractivity contribution in [1.82, 2.24) is 24.6 Å². The highest BCUT2D eigenvalue weighted by atomic mass is 32.2. The third kappa shape index (κ3) is 2.66. The van der Waals surface area contributed by atoms with Gasteiger partial charge >= 0.3 is 0 Å². The second-order valence-electron chi connectivity index (χ2n) is 4.50. The number of hydrogen-bond acceptors (Lipinski definition) is 6. The van der Waals surface area contributed by atoms with Crippen LogP contribution in [-0.4, -0.2) is 28.3 Å². The van der Waals surface area contributed by atoms with Gasteiger partial charge in [-0.1, -0.05) is 5.16 Å². The number of nitrogens with one attached hydrogen (secondary N) is 1. The van der Waals surface area contributed by atoms with Gasteiger partial charge in [-0.25, -0.2) is 13.1 Å². The van der Waals surface area contributed by atoms with Crippen molar-refractivity contribution in [1.29, 1.82) is 0 Å². The van der Waals surface area contributed by atoms with Crippen LogP contribution in [0.1, 0.15) is 30.5 Å². The first-order valence-electron chi connectivity index (χ1n) is 5.85. The normalized spacial score (nSPS) is 15.8. The number of aromatic nitrogens is 4. The molecule has 0 unspecified atom stereocenters. The van der Waals surface area contributed by atoms with Gasteiger partial charge in [-0.05, 0) is 12.8 Å². The SMILES string of the molecule is Cn1cc(S(=O)(=O)NCc2noc(C3CC3)n2)cn1. The van der Waals surface area contributed by atoms with E-state index in [9.17, 15) is 8.42 Å². The fraction of sp³-hybridized carbons (Fsp3) is 0.500. The molecule has 2 aromatic rings. The van der Waals surface area contributed by atoms with E-state index < -0.39 is 10.0 Å². The first kappa shape index (κ1) is 12.3. The van der Waals surface area contributed by atoms with Crippen LogP contribution in [-0.2, 0) is 23.6 Å². The molecule has 0 saturated heterocycles. The summed E-state index contributed by atoms with van der Waals surface area (Å²) in [5.41, 5.74) is 0. The minimum absolute atomic E-state index is 0.00739. The van der Waals surface area contributed by atoms with Crippen molar-refractivity contribution in [3.05, 3.63) is 24.1 Å². The van der Waals surface area contributed by atoms with Gasteiger partial charge in [0.2, 0.25) is 15.9 Å². The molecule has 3 rings (SSSR count). The molecular formula is C10H13N5O3S. The molecule has 0 radical (unpaired) electrons. The first-order valence-corrected chi connectivity index (χ1v) is 7.34. The lowest BCUT2D eigenvalue weighted by Gasteiger charge is -2.00. The number of aryl methyl sites for hydroxylation is 1. The summed E-state index contributed by atoms with van der Waals surface area (Å²) in [7, 11) is -1.94. The zero-order valence-electron chi connectivity index (χ0n) is 10.3. The highest BCUT2D eigenvalue weighted by Crippen LogP contribution is 2.38. The van der Waals surface area contributed by atoms with Crippen LogP contribution in [0.25, 0.3) is 0 Å². The average Bonchev–Trinajstić information content (AvgIpc) is 2.94. The molecule has 1 aliphatic carbocycles. The quantitative estimate of drug-likeness (QED) is 0.838. The van der Waals surface area contributed by atoms with Crippen molar-refractivity contribution < 1.29 is 12.9 Å². The molecule has 19 heavy (non-hydrogen) atoms. The molecule has 2 aromatic heterocycles. The Labute approximate surface area is 109 Å². The average molecular weight is 283 g/mol. The molecule has 0 atom stereocenters. The lowest BCUT2D eigenvalue weighted by molar-refractivity contribution is 0.373. The van der Waals surface area contributed by atoms with Crippen molar-refractivity contribution >= 4 is 10.0 Å². The van der Waals surface area contributed by atoms with Gasteiger partial charge in [-0.2, -0.15) is 10.1 Å². The molecule has 102 valence electrons. The van der Waals surface area contributed by atoms with Crippen molar-refractivity contribution in [3.8, 4) is 0 Å². The Morgan fingerprint density at radius 1 is 1.53 bits per heavy atom. The predicted octanol–water partition coefficient (Wildman–Crippen LogP) is 0.159. The van der Waals surface area contributed by atoms with Crippen LogP contribution in [0.2, 0.25) is 0 Å². The van der Waals surface area contributed by atoms with E-state index in [1.807, 2.05) is 0 Å². The van der Waals surface area contributed by atoms with E-state index in [1.165, 1.54) is 17.1 Å². The van der Waals surface area contributed by atoms with Gasteiger partial charge in [0.05, 0.1) is 12.7 Å². The largest absolute Gasteiger partial charge is 0.339 e. The third-order valence-corrected chi connectivity index (χ3v) is 4.18. The second-order valence-corrected chi connectivity index (χ2v) is 6.26. The highest BCUT2D eigenvalue weighted by molar-refractivity contribution is 7.89. The van der Waals surface area contributed by atoms with Gasteiger partial charge < -0.3 is 4.52 Å². The summed E-state index contributed by atoms with van der Waals surface area (Å²) in [6, 6.07) is 0. The second kappa shape index (κ2) is 4.42. The van der Waals surface area contributed by atoms with Gasteiger partial charge in [0.15, 0.2) is 5.82 Å². The van der Waals surface area contributed by atoms with E-state index in [0.717, 1.165) is 12.8 Å². The summed E-state index contributed by atoms with van der Waals surface area (Å²) >= 11 is 0. The molecule has 0 amide bonds. The minimum Gasteiger partial charge on any atom is -0.339 e. The molecule has 2 heterocycles. The van der Waals surface area contributed by atoms with Crippen LogP contribution >= 0.6 is 0 Å². The fourth-order valence-corrected chi connectivity index (χ4v) is 2.58. The maximum absolute atomic E-state index is 11.9. The van der Waals surface area contributed by atoms with Crippen molar-refractivity contribution in [2.45, 2.75) is 30.2 Å². The summed E-state index contributed by atoms with van der Waals surface area (Å²) < 4.78 is 32.7. The molecule has 9 heteroatoms. The first-order chi connectivity index (χ1) is 9.04. The van der Waals surface area contributed by atoms with Crippen LogP contribution in [0.3, 0.4) is 0 Å². The van der Waals surface area contributed by atoms with Gasteiger partial charge in [0, 0.05) is 19.2 Å². The van der Waals surface area contributed by atoms with Gasteiger partial charge in [-0.15, -0.1) is 0 Å². The van der Waals surface area contributed by atoms with Crippen LogP contribution in [0.15, 0.2) is 21.8 Å². The lowest BCUT2D eigenvalue weighted by atomic mass is 10.4. The predicted molar refractivity (Wildman–Crippen MR) is 63.5 cm³/mol. The minimum atomic E-state index is -3.59. The van der Waals surface area contributed by atoms with E-state index in [2.05, 4.69) is 20.0 Å². The van der Waals surface area contributed by atoms with Crippen LogP contribution < -0.4 is 4.72 Å². The van der Waals surface area contributed by atoms with Gasteiger partial charge in [0.25, 0.3) is 0 Å².